The summed E-state index contributed by atoms with van der Waals surface area (Å²) in [6.45, 7) is 1.44. The molecule has 3 aliphatic rings. The molecule has 3 aromatic rings. The first-order chi connectivity index (χ1) is 15.3. The highest BCUT2D eigenvalue weighted by Gasteiger charge is 2.45. The van der Waals surface area contributed by atoms with Crippen LogP contribution in [0.2, 0.25) is 0 Å². The van der Waals surface area contributed by atoms with Crippen molar-refractivity contribution in [1.29, 1.82) is 0 Å². The van der Waals surface area contributed by atoms with E-state index in [4.69, 9.17) is 5.73 Å². The van der Waals surface area contributed by atoms with Crippen LogP contribution in [0.25, 0.3) is 6.08 Å². The average molecular weight is 408 g/mol. The lowest BCUT2D eigenvalue weighted by Crippen LogP contribution is -2.47. The Morgan fingerprint density at radius 1 is 0.968 bits per heavy atom. The fraction of sp³-hybridized carbons (Fsp3) is 0.222. The van der Waals surface area contributed by atoms with Crippen molar-refractivity contribution in [2.75, 3.05) is 23.0 Å². The lowest BCUT2D eigenvalue weighted by Gasteiger charge is -2.35. The third-order valence-corrected chi connectivity index (χ3v) is 6.98. The normalized spacial score (nSPS) is 20.6. The summed E-state index contributed by atoms with van der Waals surface area (Å²) in [6.07, 6.45) is 3.89. The lowest BCUT2D eigenvalue weighted by atomic mass is 9.87. The van der Waals surface area contributed by atoms with Crippen molar-refractivity contribution in [3.05, 3.63) is 101 Å². The molecular weight excluding hydrogens is 382 g/mol. The Morgan fingerprint density at radius 3 is 2.61 bits per heavy atom. The Labute approximate surface area is 182 Å². The molecule has 2 aliphatic heterocycles. The Kier molecular flexibility index (Phi) is 4.22. The third kappa shape index (κ3) is 2.75. The van der Waals surface area contributed by atoms with Gasteiger partial charge in [-0.25, -0.2) is 0 Å². The zero-order valence-corrected chi connectivity index (χ0v) is 17.4. The number of carbonyl (C=O) groups excluding carboxylic acids is 1. The summed E-state index contributed by atoms with van der Waals surface area (Å²) in [7, 11) is 0. The van der Waals surface area contributed by atoms with Gasteiger partial charge in [-0.1, -0.05) is 72.8 Å². The molecule has 31 heavy (non-hydrogen) atoms. The standard InChI is InChI=1S/C27H25N3O/c28-17-30-24-12-6-10-19-13-14-29(26(19)24)27(30)23-15-20-9-4-5-11-21(20)22(23)16-25(31)18-7-2-1-3-8-18/h1-12,15,22,27H,13-14,16-17,28H2. The van der Waals surface area contributed by atoms with Gasteiger partial charge in [0.05, 0.1) is 18.0 Å². The van der Waals surface area contributed by atoms with Crippen LogP contribution in [0.1, 0.15) is 39.4 Å². The summed E-state index contributed by atoms with van der Waals surface area (Å²) in [5, 5.41) is 0. The Morgan fingerprint density at radius 2 is 1.77 bits per heavy atom. The molecule has 3 aromatic carbocycles. The summed E-state index contributed by atoms with van der Waals surface area (Å²) < 4.78 is 0. The zero-order chi connectivity index (χ0) is 20.9. The summed E-state index contributed by atoms with van der Waals surface area (Å²) in [6, 6.07) is 24.7. The van der Waals surface area contributed by atoms with E-state index in [-0.39, 0.29) is 17.9 Å². The molecule has 2 unspecified atom stereocenters. The molecule has 2 atom stereocenters. The van der Waals surface area contributed by atoms with E-state index in [1.54, 1.807) is 0 Å². The van der Waals surface area contributed by atoms with Gasteiger partial charge in [0.25, 0.3) is 0 Å². The smallest absolute Gasteiger partial charge is 0.163 e. The van der Waals surface area contributed by atoms with Crippen LogP contribution in [0, 0.1) is 0 Å². The molecule has 0 fully saturated rings. The van der Waals surface area contributed by atoms with Gasteiger partial charge in [0.15, 0.2) is 5.78 Å². The first kappa shape index (κ1) is 18.4. The number of para-hydroxylation sites is 1. The molecule has 0 amide bonds. The second kappa shape index (κ2) is 7.10. The van der Waals surface area contributed by atoms with Crippen LogP contribution < -0.4 is 15.5 Å². The van der Waals surface area contributed by atoms with Crippen molar-refractivity contribution in [3.63, 3.8) is 0 Å². The largest absolute Gasteiger partial charge is 0.345 e. The average Bonchev–Trinajstić information content (AvgIpc) is 3.49. The molecule has 0 radical (unpaired) electrons. The third-order valence-electron chi connectivity index (χ3n) is 6.98. The summed E-state index contributed by atoms with van der Waals surface area (Å²) in [5.74, 6) is 0.242. The Hall–Kier alpha value is -3.37. The van der Waals surface area contributed by atoms with Gasteiger partial charge in [-0.05, 0) is 34.8 Å². The SMILES string of the molecule is NCN1c2cccc3c2N(CC3)C1C1=Cc2ccccc2C1CC(=O)c1ccccc1. The van der Waals surface area contributed by atoms with Gasteiger partial charge in [-0.15, -0.1) is 0 Å². The minimum absolute atomic E-state index is 0.0568. The number of benzene rings is 3. The van der Waals surface area contributed by atoms with Crippen molar-refractivity contribution < 1.29 is 4.79 Å². The Balaban J connectivity index is 1.42. The molecule has 154 valence electrons. The van der Waals surface area contributed by atoms with Crippen LogP contribution in [-0.2, 0) is 6.42 Å². The summed E-state index contributed by atoms with van der Waals surface area (Å²) in [4.78, 5) is 18.0. The van der Waals surface area contributed by atoms with E-state index >= 15 is 0 Å². The maximum Gasteiger partial charge on any atom is 0.163 e. The van der Waals surface area contributed by atoms with E-state index in [2.05, 4.69) is 58.3 Å². The molecular formula is C27H25N3O. The minimum Gasteiger partial charge on any atom is -0.345 e. The molecule has 0 saturated heterocycles. The second-order valence-electron chi connectivity index (χ2n) is 8.57. The van der Waals surface area contributed by atoms with Gasteiger partial charge < -0.3 is 15.5 Å². The summed E-state index contributed by atoms with van der Waals surface area (Å²) >= 11 is 0. The number of hydrogen-bond donors (Lipinski definition) is 1. The van der Waals surface area contributed by atoms with Crippen LogP contribution in [0.4, 0.5) is 11.4 Å². The number of Topliss-reactive ketones (excluding diaryl/α,β-unsaturated/α-hetero) is 1. The van der Waals surface area contributed by atoms with Crippen molar-refractivity contribution in [1.82, 2.24) is 0 Å². The number of fused-ring (bicyclic) bond motifs is 1. The monoisotopic (exact) mass is 407 g/mol. The van der Waals surface area contributed by atoms with Crippen molar-refractivity contribution in [2.45, 2.75) is 24.9 Å². The highest BCUT2D eigenvalue weighted by Crippen LogP contribution is 2.51. The van der Waals surface area contributed by atoms with Crippen molar-refractivity contribution in [3.8, 4) is 0 Å². The molecule has 0 saturated carbocycles. The topological polar surface area (TPSA) is 49.6 Å². The molecule has 4 heteroatoms. The summed E-state index contributed by atoms with van der Waals surface area (Å²) in [5.41, 5.74) is 14.7. The lowest BCUT2D eigenvalue weighted by molar-refractivity contribution is 0.0977. The van der Waals surface area contributed by atoms with Crippen LogP contribution >= 0.6 is 0 Å². The van der Waals surface area contributed by atoms with Crippen molar-refractivity contribution in [2.24, 2.45) is 5.73 Å². The maximum absolute atomic E-state index is 13.2. The van der Waals surface area contributed by atoms with Crippen LogP contribution in [-0.4, -0.2) is 25.2 Å². The molecule has 6 rings (SSSR count). The highest BCUT2D eigenvalue weighted by molar-refractivity contribution is 5.97. The number of nitrogens with two attached hydrogens (primary N) is 1. The van der Waals surface area contributed by atoms with Crippen molar-refractivity contribution >= 4 is 23.2 Å². The predicted molar refractivity (Wildman–Crippen MR) is 125 cm³/mol. The van der Waals surface area contributed by atoms with Gasteiger partial charge in [0.1, 0.15) is 6.17 Å². The van der Waals surface area contributed by atoms with Gasteiger partial charge >= 0.3 is 0 Å². The fourth-order valence-corrected chi connectivity index (χ4v) is 5.63. The molecule has 0 spiro atoms. The number of anilines is 2. The van der Waals surface area contributed by atoms with Gasteiger partial charge in [-0.3, -0.25) is 4.79 Å². The van der Waals surface area contributed by atoms with E-state index in [0.29, 0.717) is 13.1 Å². The fourth-order valence-electron chi connectivity index (χ4n) is 5.63. The number of rotatable bonds is 5. The van der Waals surface area contributed by atoms with E-state index in [1.807, 2.05) is 30.3 Å². The first-order valence-corrected chi connectivity index (χ1v) is 11.0. The van der Waals surface area contributed by atoms with Gasteiger partial charge in [0.2, 0.25) is 0 Å². The number of carbonyl (C=O) groups is 1. The van der Waals surface area contributed by atoms with Crippen LogP contribution in [0.3, 0.4) is 0 Å². The molecule has 0 bridgehead atoms. The van der Waals surface area contributed by atoms with E-state index in [9.17, 15) is 4.79 Å². The number of ketones is 1. The second-order valence-corrected chi connectivity index (χ2v) is 8.57. The first-order valence-electron chi connectivity index (χ1n) is 11.0. The molecule has 4 nitrogen and oxygen atoms in total. The van der Waals surface area contributed by atoms with Gasteiger partial charge in [-0.2, -0.15) is 0 Å². The Bertz CT molecular complexity index is 1200. The van der Waals surface area contributed by atoms with E-state index in [1.165, 1.54) is 33.6 Å². The number of hydrogen-bond acceptors (Lipinski definition) is 4. The molecule has 0 aromatic heterocycles. The molecule has 2 N–H and O–H groups in total. The zero-order valence-electron chi connectivity index (χ0n) is 17.4. The van der Waals surface area contributed by atoms with Gasteiger partial charge in [0, 0.05) is 24.4 Å². The van der Waals surface area contributed by atoms with E-state index < -0.39 is 0 Å². The van der Waals surface area contributed by atoms with E-state index in [0.717, 1.165) is 18.5 Å². The minimum atomic E-state index is 0.0568. The number of nitrogens with zero attached hydrogens (tertiary/aromatic N) is 2. The van der Waals surface area contributed by atoms with Crippen LogP contribution in [0.15, 0.2) is 78.4 Å². The van der Waals surface area contributed by atoms with Crippen LogP contribution in [0.5, 0.6) is 0 Å². The quantitative estimate of drug-likeness (QED) is 0.630. The maximum atomic E-state index is 13.2. The molecule has 1 aliphatic carbocycles. The highest BCUT2D eigenvalue weighted by atomic mass is 16.1. The molecule has 2 heterocycles. The predicted octanol–water partition coefficient (Wildman–Crippen LogP) is 4.57.